The first kappa shape index (κ1) is 18.1. The Labute approximate surface area is 168 Å². The Balaban J connectivity index is 1.71. The largest absolute Gasteiger partial charge is 0.460 e. The number of nitrogens with zero attached hydrogens (tertiary/aromatic N) is 3. The predicted molar refractivity (Wildman–Crippen MR) is 111 cm³/mol. The van der Waals surface area contributed by atoms with Crippen LogP contribution in [0, 0.1) is 0 Å². The highest BCUT2D eigenvalue weighted by Crippen LogP contribution is 2.37. The van der Waals surface area contributed by atoms with Crippen molar-refractivity contribution in [2.45, 2.75) is 39.0 Å². The summed E-state index contributed by atoms with van der Waals surface area (Å²) < 4.78 is 7.04. The van der Waals surface area contributed by atoms with Gasteiger partial charge >= 0.3 is 5.97 Å². The molecule has 148 valence electrons. The van der Waals surface area contributed by atoms with E-state index >= 15 is 0 Å². The van der Waals surface area contributed by atoms with Crippen LogP contribution in [0.2, 0.25) is 0 Å². The maximum Gasteiger partial charge on any atom is 0.313 e. The summed E-state index contributed by atoms with van der Waals surface area (Å²) in [5.74, 6) is -0.629. The molecule has 1 aromatic carbocycles. The third kappa shape index (κ3) is 2.70. The Kier molecular flexibility index (Phi) is 4.06. The minimum Gasteiger partial charge on any atom is -0.460 e. The van der Waals surface area contributed by atoms with Crippen LogP contribution in [0.15, 0.2) is 35.1 Å². The van der Waals surface area contributed by atoms with E-state index in [2.05, 4.69) is 17.0 Å². The average Bonchev–Trinajstić information content (AvgIpc) is 3.04. The van der Waals surface area contributed by atoms with Gasteiger partial charge in [0.2, 0.25) is 0 Å². The van der Waals surface area contributed by atoms with Gasteiger partial charge in [-0.25, -0.2) is 4.98 Å². The summed E-state index contributed by atoms with van der Waals surface area (Å²) in [6.07, 6.45) is 0.612. The summed E-state index contributed by atoms with van der Waals surface area (Å²) in [4.78, 5) is 32.4. The van der Waals surface area contributed by atoms with E-state index in [9.17, 15) is 9.59 Å². The van der Waals surface area contributed by atoms with Crippen molar-refractivity contribution in [2.24, 2.45) is 0 Å². The third-order valence-electron chi connectivity index (χ3n) is 5.95. The monoisotopic (exact) mass is 389 g/mol. The van der Waals surface area contributed by atoms with Gasteiger partial charge in [0.15, 0.2) is 0 Å². The second-order valence-electron chi connectivity index (χ2n) is 8.14. The number of carbonyl (C=O) groups excluding carboxylic acids is 1. The van der Waals surface area contributed by atoms with Crippen molar-refractivity contribution < 1.29 is 9.53 Å². The van der Waals surface area contributed by atoms with Crippen molar-refractivity contribution in [1.82, 2.24) is 14.5 Å². The Morgan fingerprint density at radius 3 is 2.83 bits per heavy atom. The van der Waals surface area contributed by atoms with Crippen LogP contribution in [-0.2, 0) is 29.2 Å². The Morgan fingerprint density at radius 2 is 2.07 bits per heavy atom. The lowest BCUT2D eigenvalue weighted by atomic mass is 9.90. The minimum absolute atomic E-state index is 0.0580. The van der Waals surface area contributed by atoms with Crippen LogP contribution >= 0.6 is 0 Å². The molecule has 0 saturated carbocycles. The van der Waals surface area contributed by atoms with Crippen molar-refractivity contribution >= 4 is 16.9 Å². The van der Waals surface area contributed by atoms with Crippen LogP contribution in [-0.4, -0.2) is 34.5 Å². The van der Waals surface area contributed by atoms with E-state index in [1.54, 1.807) is 4.57 Å². The van der Waals surface area contributed by atoms with Gasteiger partial charge in [0.05, 0.1) is 34.9 Å². The molecule has 2 aliphatic rings. The van der Waals surface area contributed by atoms with Gasteiger partial charge in [-0.1, -0.05) is 19.1 Å². The van der Waals surface area contributed by atoms with Crippen LogP contribution in [0.25, 0.3) is 22.3 Å². The molecular weight excluding hydrogens is 366 g/mol. The number of pyridine rings is 2. The summed E-state index contributed by atoms with van der Waals surface area (Å²) >= 11 is 0. The van der Waals surface area contributed by atoms with Gasteiger partial charge in [-0.15, -0.1) is 0 Å². The zero-order valence-corrected chi connectivity index (χ0v) is 16.9. The zero-order valence-electron chi connectivity index (χ0n) is 16.9. The summed E-state index contributed by atoms with van der Waals surface area (Å²) in [5, 5.41) is 1.12. The smallest absolute Gasteiger partial charge is 0.313 e. The average molecular weight is 389 g/mol. The summed E-state index contributed by atoms with van der Waals surface area (Å²) in [6.45, 7) is 3.33. The molecule has 0 bridgehead atoms. The van der Waals surface area contributed by atoms with E-state index in [0.717, 1.165) is 40.0 Å². The van der Waals surface area contributed by atoms with Gasteiger partial charge in [-0.05, 0) is 49.8 Å². The number of ether oxygens (including phenoxy) is 1. The molecule has 0 amide bonds. The van der Waals surface area contributed by atoms with Gasteiger partial charge in [-0.2, -0.15) is 0 Å². The number of carbonyl (C=O) groups is 1. The van der Waals surface area contributed by atoms with E-state index in [1.807, 2.05) is 39.2 Å². The van der Waals surface area contributed by atoms with Crippen LogP contribution in [0.3, 0.4) is 0 Å². The quantitative estimate of drug-likeness (QED) is 0.504. The molecule has 6 nitrogen and oxygen atoms in total. The van der Waals surface area contributed by atoms with Crippen LogP contribution in [0.4, 0.5) is 0 Å². The highest BCUT2D eigenvalue weighted by molar-refractivity contribution is 5.87. The molecular formula is C23H23N3O3. The molecule has 2 aliphatic heterocycles. The molecule has 0 fully saturated rings. The van der Waals surface area contributed by atoms with Crippen molar-refractivity contribution in [1.29, 1.82) is 0 Å². The number of fused-ring (bicyclic) bond motifs is 5. The van der Waals surface area contributed by atoms with Crippen LogP contribution in [0.5, 0.6) is 0 Å². The van der Waals surface area contributed by atoms with Crippen LogP contribution < -0.4 is 5.56 Å². The third-order valence-corrected chi connectivity index (χ3v) is 5.95. The fourth-order valence-corrected chi connectivity index (χ4v) is 4.56. The highest BCUT2D eigenvalue weighted by Gasteiger charge is 2.33. The number of aromatic nitrogens is 2. The molecule has 0 aliphatic carbocycles. The second kappa shape index (κ2) is 6.52. The lowest BCUT2D eigenvalue weighted by molar-refractivity contribution is -0.148. The molecule has 0 unspecified atom stereocenters. The summed E-state index contributed by atoms with van der Waals surface area (Å²) in [5.41, 5.74) is 6.16. The van der Waals surface area contributed by atoms with Crippen molar-refractivity contribution in [3.05, 3.63) is 62.9 Å². The van der Waals surface area contributed by atoms with E-state index in [0.29, 0.717) is 18.5 Å². The number of rotatable bonds is 3. The van der Waals surface area contributed by atoms with Gasteiger partial charge in [0.1, 0.15) is 6.61 Å². The lowest BCUT2D eigenvalue weighted by Crippen LogP contribution is -2.32. The minimum atomic E-state index is -0.381. The zero-order chi connectivity index (χ0) is 20.3. The van der Waals surface area contributed by atoms with Crippen molar-refractivity contribution in [3.8, 4) is 11.4 Å². The summed E-state index contributed by atoms with van der Waals surface area (Å²) in [6, 6.07) is 10.3. The first-order valence-corrected chi connectivity index (χ1v) is 9.97. The predicted octanol–water partition coefficient (Wildman–Crippen LogP) is 3.04. The van der Waals surface area contributed by atoms with Gasteiger partial charge in [0, 0.05) is 17.5 Å². The SMILES string of the molecule is CC[C@H]1C(=O)OCc2c1cc1n(c2=O)Cc2cc3c(CN(C)C)cccc3nc2-1. The number of cyclic esters (lactones) is 1. The second-order valence-corrected chi connectivity index (χ2v) is 8.14. The molecule has 1 atom stereocenters. The molecule has 0 spiro atoms. The number of hydrogen-bond donors (Lipinski definition) is 0. The van der Waals surface area contributed by atoms with Gasteiger partial charge < -0.3 is 14.2 Å². The first-order chi connectivity index (χ1) is 14.0. The Hall–Kier alpha value is -2.99. The van der Waals surface area contributed by atoms with E-state index in [4.69, 9.17) is 9.72 Å². The van der Waals surface area contributed by atoms with E-state index in [-0.39, 0.29) is 24.1 Å². The first-order valence-electron chi connectivity index (χ1n) is 9.97. The number of hydrogen-bond acceptors (Lipinski definition) is 5. The molecule has 4 heterocycles. The maximum absolute atomic E-state index is 13.2. The molecule has 29 heavy (non-hydrogen) atoms. The van der Waals surface area contributed by atoms with Crippen molar-refractivity contribution in [2.75, 3.05) is 14.1 Å². The Morgan fingerprint density at radius 1 is 1.24 bits per heavy atom. The number of esters is 1. The maximum atomic E-state index is 13.2. The van der Waals surface area contributed by atoms with E-state index in [1.165, 1.54) is 5.56 Å². The molecule has 5 rings (SSSR count). The standard InChI is InChI=1S/C23H23N3O3/c1-4-15-17-9-20-21-14(11-26(20)22(27)18(17)12-29-23(15)28)8-16-13(10-25(2)3)6-5-7-19(16)24-21/h5-9,15H,4,10-12H2,1-3H3/t15-/m1/s1. The van der Waals surface area contributed by atoms with Crippen LogP contribution in [0.1, 0.15) is 41.5 Å². The van der Waals surface area contributed by atoms with Crippen molar-refractivity contribution in [3.63, 3.8) is 0 Å². The molecule has 0 saturated heterocycles. The Bertz CT molecular complexity index is 1230. The topological polar surface area (TPSA) is 64.4 Å². The van der Waals surface area contributed by atoms with E-state index < -0.39 is 0 Å². The summed E-state index contributed by atoms with van der Waals surface area (Å²) in [7, 11) is 4.10. The molecule has 6 heteroatoms. The molecule has 2 aromatic heterocycles. The van der Waals surface area contributed by atoms with Gasteiger partial charge in [0.25, 0.3) is 5.56 Å². The molecule has 3 aromatic rings. The lowest BCUT2D eigenvalue weighted by Gasteiger charge is -2.24. The molecule has 0 radical (unpaired) electrons. The van der Waals surface area contributed by atoms with Gasteiger partial charge in [-0.3, -0.25) is 9.59 Å². The number of benzene rings is 1. The fraction of sp³-hybridized carbons (Fsp3) is 0.348. The molecule has 0 N–H and O–H groups in total. The normalized spacial score (nSPS) is 17.2. The fourth-order valence-electron chi connectivity index (χ4n) is 4.56. The highest BCUT2D eigenvalue weighted by atomic mass is 16.5.